The van der Waals surface area contributed by atoms with Gasteiger partial charge in [-0.15, -0.1) is 0 Å². The average molecular weight is 349 g/mol. The van der Waals surface area contributed by atoms with Crippen molar-refractivity contribution in [2.24, 2.45) is 0 Å². The third kappa shape index (κ3) is 3.51. The average Bonchev–Trinajstić information content (AvgIpc) is 3.42. The Morgan fingerprint density at radius 3 is 2.80 bits per heavy atom. The molecule has 0 bridgehead atoms. The number of carbonyl (C=O) groups is 1. The minimum atomic E-state index is -0.760. The molecule has 25 heavy (non-hydrogen) atoms. The molecule has 1 aliphatic carbocycles. The number of aromatic nitrogens is 1. The van der Waals surface area contributed by atoms with Crippen LogP contribution in [0.15, 0.2) is 23.1 Å². The highest BCUT2D eigenvalue weighted by molar-refractivity contribution is 5.94. The monoisotopic (exact) mass is 349 g/mol. The number of nitrogens with zero attached hydrogens (tertiary/aromatic N) is 1. The summed E-state index contributed by atoms with van der Waals surface area (Å²) in [4.78, 5) is 24.8. The molecule has 0 unspecified atom stereocenters. The van der Waals surface area contributed by atoms with E-state index in [-0.39, 0.29) is 36.0 Å². The van der Waals surface area contributed by atoms with Crippen molar-refractivity contribution < 1.29 is 23.8 Å². The van der Waals surface area contributed by atoms with Gasteiger partial charge in [0.2, 0.25) is 5.43 Å². The third-order valence-corrected chi connectivity index (χ3v) is 4.08. The fraction of sp³-hybridized carbons (Fsp3) is 0.444. The first-order chi connectivity index (χ1) is 12.1. The zero-order chi connectivity index (χ0) is 18.0. The number of benzene rings is 1. The van der Waals surface area contributed by atoms with Gasteiger partial charge in [-0.25, -0.2) is 9.18 Å². The Labute approximate surface area is 143 Å². The molecule has 0 spiro atoms. The van der Waals surface area contributed by atoms with Crippen LogP contribution in [-0.2, 0) is 4.74 Å². The second-order valence-electron chi connectivity index (χ2n) is 5.96. The molecule has 0 radical (unpaired) electrons. The van der Waals surface area contributed by atoms with E-state index >= 15 is 0 Å². The molecule has 0 atom stereocenters. The number of carbonyl (C=O) groups excluding carboxylic acids is 1. The fourth-order valence-electron chi connectivity index (χ4n) is 2.72. The van der Waals surface area contributed by atoms with Gasteiger partial charge in [0.15, 0.2) is 11.6 Å². The molecule has 1 fully saturated rings. The largest absolute Gasteiger partial charge is 0.491 e. The SMILES string of the molecule is CCOc1cc2c(cc1F)c(=O)c(C(=O)OCCCO)cn2C1CC1. The predicted molar refractivity (Wildman–Crippen MR) is 89.6 cm³/mol. The summed E-state index contributed by atoms with van der Waals surface area (Å²) in [6.45, 7) is 1.98. The minimum absolute atomic E-state index is 0.0217. The smallest absolute Gasteiger partial charge is 0.343 e. The van der Waals surface area contributed by atoms with Gasteiger partial charge in [0.05, 0.1) is 18.7 Å². The van der Waals surface area contributed by atoms with E-state index in [1.165, 1.54) is 12.3 Å². The van der Waals surface area contributed by atoms with Gasteiger partial charge in [-0.1, -0.05) is 0 Å². The number of esters is 1. The zero-order valence-corrected chi connectivity index (χ0v) is 14.0. The number of fused-ring (bicyclic) bond motifs is 1. The number of ether oxygens (including phenoxy) is 2. The second kappa shape index (κ2) is 7.23. The molecule has 1 heterocycles. The lowest BCUT2D eigenvalue weighted by Gasteiger charge is -2.14. The van der Waals surface area contributed by atoms with E-state index < -0.39 is 17.2 Å². The molecule has 1 aromatic heterocycles. The zero-order valence-electron chi connectivity index (χ0n) is 14.0. The van der Waals surface area contributed by atoms with Crippen molar-refractivity contribution in [1.82, 2.24) is 4.57 Å². The summed E-state index contributed by atoms with van der Waals surface area (Å²) in [5.74, 6) is -1.31. The van der Waals surface area contributed by atoms with Crippen molar-refractivity contribution in [1.29, 1.82) is 0 Å². The first-order valence-electron chi connectivity index (χ1n) is 8.36. The molecule has 6 nitrogen and oxygen atoms in total. The molecule has 1 aliphatic rings. The van der Waals surface area contributed by atoms with Crippen LogP contribution in [0.4, 0.5) is 4.39 Å². The van der Waals surface area contributed by atoms with Gasteiger partial charge >= 0.3 is 5.97 Å². The molecular formula is C18H20FNO5. The van der Waals surface area contributed by atoms with Crippen molar-refractivity contribution in [2.45, 2.75) is 32.2 Å². The van der Waals surface area contributed by atoms with Crippen LogP contribution in [-0.4, -0.2) is 35.5 Å². The van der Waals surface area contributed by atoms with Crippen molar-refractivity contribution in [2.75, 3.05) is 19.8 Å². The quantitative estimate of drug-likeness (QED) is 0.613. The van der Waals surface area contributed by atoms with Gasteiger partial charge in [-0.2, -0.15) is 0 Å². The van der Waals surface area contributed by atoms with E-state index in [1.54, 1.807) is 6.92 Å². The first kappa shape index (κ1) is 17.4. The molecular weight excluding hydrogens is 329 g/mol. The number of aliphatic hydroxyl groups excluding tert-OH is 1. The Bertz CT molecular complexity index is 857. The van der Waals surface area contributed by atoms with Gasteiger partial charge in [0, 0.05) is 36.7 Å². The van der Waals surface area contributed by atoms with E-state index in [9.17, 15) is 14.0 Å². The Hall–Kier alpha value is -2.41. The molecule has 1 saturated carbocycles. The van der Waals surface area contributed by atoms with Gasteiger partial charge in [0.1, 0.15) is 5.56 Å². The highest BCUT2D eigenvalue weighted by Gasteiger charge is 2.28. The van der Waals surface area contributed by atoms with Crippen molar-refractivity contribution in [3.8, 4) is 5.75 Å². The Morgan fingerprint density at radius 1 is 1.40 bits per heavy atom. The maximum atomic E-state index is 14.2. The van der Waals surface area contributed by atoms with E-state index in [1.807, 2.05) is 4.57 Å². The maximum Gasteiger partial charge on any atom is 0.343 e. The van der Waals surface area contributed by atoms with Gasteiger partial charge in [-0.05, 0) is 25.8 Å². The molecule has 0 amide bonds. The normalized spacial score (nSPS) is 13.9. The van der Waals surface area contributed by atoms with Crippen LogP contribution in [0.25, 0.3) is 10.9 Å². The summed E-state index contributed by atoms with van der Waals surface area (Å²) in [6.07, 6.45) is 3.64. The standard InChI is InChI=1S/C18H20FNO5/c1-2-24-16-9-15-12(8-14(16)19)17(22)13(10-20(15)11-4-5-11)18(23)25-7-3-6-21/h8-11,21H,2-7H2,1H3. The van der Waals surface area contributed by atoms with E-state index in [4.69, 9.17) is 14.6 Å². The fourth-order valence-corrected chi connectivity index (χ4v) is 2.72. The van der Waals surface area contributed by atoms with E-state index in [0.717, 1.165) is 18.9 Å². The summed E-state index contributed by atoms with van der Waals surface area (Å²) in [7, 11) is 0. The van der Waals surface area contributed by atoms with Crippen molar-refractivity contribution in [3.05, 3.63) is 39.9 Å². The summed E-state index contributed by atoms with van der Waals surface area (Å²) in [5.41, 5.74) is -0.145. The number of hydrogen-bond donors (Lipinski definition) is 1. The van der Waals surface area contributed by atoms with Crippen LogP contribution in [0.5, 0.6) is 5.75 Å². The molecule has 2 aromatic rings. The van der Waals surface area contributed by atoms with Crippen LogP contribution >= 0.6 is 0 Å². The predicted octanol–water partition coefficient (Wildman–Crippen LogP) is 2.41. The summed E-state index contributed by atoms with van der Waals surface area (Å²) in [5, 5.41) is 8.89. The molecule has 3 rings (SSSR count). The van der Waals surface area contributed by atoms with E-state index in [2.05, 4.69) is 0 Å². The highest BCUT2D eigenvalue weighted by Crippen LogP contribution is 2.38. The van der Waals surface area contributed by atoms with Crippen molar-refractivity contribution >= 4 is 16.9 Å². The van der Waals surface area contributed by atoms with Crippen LogP contribution in [0.2, 0.25) is 0 Å². The van der Waals surface area contributed by atoms with Crippen LogP contribution in [0, 0.1) is 5.82 Å². The summed E-state index contributed by atoms with van der Waals surface area (Å²) in [6, 6.07) is 2.80. The lowest BCUT2D eigenvalue weighted by atomic mass is 10.1. The molecule has 134 valence electrons. The molecule has 0 aliphatic heterocycles. The first-order valence-corrected chi connectivity index (χ1v) is 8.36. The van der Waals surface area contributed by atoms with Crippen LogP contribution < -0.4 is 10.2 Å². The van der Waals surface area contributed by atoms with Gasteiger partial charge in [0.25, 0.3) is 0 Å². The topological polar surface area (TPSA) is 77.8 Å². The minimum Gasteiger partial charge on any atom is -0.491 e. The molecule has 1 N–H and O–H groups in total. The van der Waals surface area contributed by atoms with E-state index in [0.29, 0.717) is 18.5 Å². The Balaban J connectivity index is 2.11. The lowest BCUT2D eigenvalue weighted by Crippen LogP contribution is -2.21. The summed E-state index contributed by atoms with van der Waals surface area (Å²) >= 11 is 0. The number of rotatable bonds is 7. The second-order valence-corrected chi connectivity index (χ2v) is 5.96. The molecule has 0 saturated heterocycles. The Kier molecular flexibility index (Phi) is 5.03. The summed E-state index contributed by atoms with van der Waals surface area (Å²) < 4.78 is 26.3. The highest BCUT2D eigenvalue weighted by atomic mass is 19.1. The number of halogens is 1. The van der Waals surface area contributed by atoms with Gasteiger partial charge in [-0.3, -0.25) is 4.79 Å². The van der Waals surface area contributed by atoms with Crippen molar-refractivity contribution in [3.63, 3.8) is 0 Å². The van der Waals surface area contributed by atoms with Crippen LogP contribution in [0.1, 0.15) is 42.6 Å². The third-order valence-electron chi connectivity index (χ3n) is 4.08. The maximum absolute atomic E-state index is 14.2. The lowest BCUT2D eigenvalue weighted by molar-refractivity contribution is 0.0480. The Morgan fingerprint density at radius 2 is 2.16 bits per heavy atom. The molecule has 7 heteroatoms. The number of pyridine rings is 1. The number of hydrogen-bond acceptors (Lipinski definition) is 5. The van der Waals surface area contributed by atoms with Gasteiger partial charge < -0.3 is 19.1 Å². The molecule has 1 aromatic carbocycles. The number of aliphatic hydroxyl groups is 1. The van der Waals surface area contributed by atoms with Crippen LogP contribution in [0.3, 0.4) is 0 Å².